The molecule has 2 N–H and O–H groups in total. The van der Waals surface area contributed by atoms with E-state index in [1.54, 1.807) is 11.6 Å². The molecule has 11 heteroatoms. The maximum atomic E-state index is 11.3. The Bertz CT molecular complexity index is 602. The van der Waals surface area contributed by atoms with Crippen molar-refractivity contribution in [3.05, 3.63) is 13.8 Å². The average molecular weight is 454 g/mol. The zero-order chi connectivity index (χ0) is 17.7. The summed E-state index contributed by atoms with van der Waals surface area (Å²) in [6.07, 6.45) is 0.748. The van der Waals surface area contributed by atoms with Crippen molar-refractivity contribution in [1.29, 1.82) is 0 Å². The molecule has 134 valence electrons. The molecule has 10 nitrogen and oxygen atoms in total. The molecule has 2 rings (SSSR count). The van der Waals surface area contributed by atoms with Crippen molar-refractivity contribution in [2.24, 2.45) is 0 Å². The van der Waals surface area contributed by atoms with Crippen molar-refractivity contribution in [3.8, 4) is 5.88 Å². The van der Waals surface area contributed by atoms with Crippen LogP contribution in [-0.4, -0.2) is 51.8 Å². The van der Waals surface area contributed by atoms with Gasteiger partial charge in [-0.2, -0.15) is 0 Å². The number of ether oxygens (including phenoxy) is 2. The molecule has 1 aromatic heterocycles. The van der Waals surface area contributed by atoms with Crippen molar-refractivity contribution < 1.29 is 24.3 Å². The average Bonchev–Trinajstić information content (AvgIpc) is 2.84. The lowest BCUT2D eigenvalue weighted by molar-refractivity contribution is -0.387. The third kappa shape index (κ3) is 4.69. The normalized spacial score (nSPS) is 16.6. The van der Waals surface area contributed by atoms with Gasteiger partial charge < -0.3 is 19.9 Å². The molecule has 0 spiro atoms. The first-order valence-corrected chi connectivity index (χ1v) is 8.60. The molecule has 2 heterocycles. The first-order chi connectivity index (χ1) is 11.4. The van der Waals surface area contributed by atoms with Crippen LogP contribution >= 0.6 is 22.6 Å². The number of amides is 1. The molecule has 0 aliphatic carbocycles. The Kier molecular flexibility index (Phi) is 6.60. The van der Waals surface area contributed by atoms with Gasteiger partial charge in [-0.25, -0.2) is 9.48 Å². The Morgan fingerprint density at radius 1 is 1.62 bits per heavy atom. The lowest BCUT2D eigenvalue weighted by Gasteiger charge is -2.22. The summed E-state index contributed by atoms with van der Waals surface area (Å²) in [6.45, 7) is 3.02. The van der Waals surface area contributed by atoms with Crippen LogP contribution in [0.4, 0.5) is 10.5 Å². The number of carboxylic acid groups (broad SMARTS) is 1. The van der Waals surface area contributed by atoms with E-state index in [2.05, 4.69) is 10.4 Å². The number of nitro groups is 1. The number of nitrogens with one attached hydrogen (secondary N) is 1. The van der Waals surface area contributed by atoms with Crippen LogP contribution in [0, 0.1) is 13.8 Å². The van der Waals surface area contributed by atoms with E-state index in [1.807, 2.05) is 22.6 Å². The summed E-state index contributed by atoms with van der Waals surface area (Å²) in [5, 5.41) is 26.5. The summed E-state index contributed by atoms with van der Waals surface area (Å²) in [7, 11) is 0. The molecule has 0 aromatic carbocycles. The van der Waals surface area contributed by atoms with Gasteiger partial charge in [0, 0.05) is 25.7 Å². The van der Waals surface area contributed by atoms with E-state index in [9.17, 15) is 14.9 Å². The van der Waals surface area contributed by atoms with Gasteiger partial charge in [0.2, 0.25) is 0 Å². The molecule has 1 fully saturated rings. The predicted octanol–water partition coefficient (Wildman–Crippen LogP) is 2.17. The second-order valence-corrected chi connectivity index (χ2v) is 6.50. The van der Waals surface area contributed by atoms with Crippen LogP contribution in [0.2, 0.25) is 0 Å². The molecular weight excluding hydrogens is 435 g/mol. The minimum atomic E-state index is -1.12. The molecular formula is C13H19IN4O6. The van der Waals surface area contributed by atoms with Crippen LogP contribution in [-0.2, 0) is 4.74 Å². The maximum Gasteiger partial charge on any atom is 0.404 e. The summed E-state index contributed by atoms with van der Waals surface area (Å²) in [5.41, 5.74) is -0.152. The van der Waals surface area contributed by atoms with Crippen molar-refractivity contribution in [1.82, 2.24) is 15.1 Å². The second kappa shape index (κ2) is 8.46. The molecule has 0 unspecified atom stereocenters. The van der Waals surface area contributed by atoms with Gasteiger partial charge >= 0.3 is 17.7 Å². The monoisotopic (exact) mass is 454 g/mol. The van der Waals surface area contributed by atoms with Crippen LogP contribution < -0.4 is 10.1 Å². The Labute approximate surface area is 151 Å². The third-order valence-electron chi connectivity index (χ3n) is 3.68. The fourth-order valence-electron chi connectivity index (χ4n) is 2.42. The summed E-state index contributed by atoms with van der Waals surface area (Å²) in [5.74, 6) is -0.0292. The Morgan fingerprint density at radius 2 is 2.29 bits per heavy atom. The number of rotatable bonds is 7. The minimum Gasteiger partial charge on any atom is -0.472 e. The van der Waals surface area contributed by atoms with E-state index in [-0.39, 0.29) is 30.3 Å². The fraction of sp³-hybridized carbons (Fsp3) is 0.692. The van der Waals surface area contributed by atoms with Crippen molar-refractivity contribution >= 4 is 34.4 Å². The van der Waals surface area contributed by atoms with Gasteiger partial charge in [0.1, 0.15) is 0 Å². The largest absolute Gasteiger partial charge is 0.472 e. The maximum absolute atomic E-state index is 11.3. The predicted molar refractivity (Wildman–Crippen MR) is 91.4 cm³/mol. The molecule has 1 saturated heterocycles. The Hall–Kier alpha value is -1.63. The molecule has 1 amide bonds. The van der Waals surface area contributed by atoms with Gasteiger partial charge in [-0.3, -0.25) is 10.1 Å². The topological polar surface area (TPSA) is 129 Å². The second-order valence-electron chi connectivity index (χ2n) is 5.48. The highest BCUT2D eigenvalue weighted by atomic mass is 127. The first kappa shape index (κ1) is 18.7. The number of nitrogens with zero attached hydrogens (tertiary/aromatic N) is 3. The zero-order valence-electron chi connectivity index (χ0n) is 13.1. The molecule has 0 saturated carbocycles. The van der Waals surface area contributed by atoms with Gasteiger partial charge in [0.25, 0.3) is 0 Å². The van der Waals surface area contributed by atoms with E-state index in [0.29, 0.717) is 23.3 Å². The fourth-order valence-corrected chi connectivity index (χ4v) is 3.35. The number of carbonyl (C=O) groups is 1. The molecule has 1 aromatic rings. The lowest BCUT2D eigenvalue weighted by Crippen LogP contribution is -2.32. The van der Waals surface area contributed by atoms with E-state index >= 15 is 0 Å². The lowest BCUT2D eigenvalue weighted by atomic mass is 10.1. The number of hydrogen-bond donors (Lipinski definition) is 2. The zero-order valence-corrected chi connectivity index (χ0v) is 15.3. The summed E-state index contributed by atoms with van der Waals surface area (Å²) in [6, 6.07) is -0.271. The summed E-state index contributed by atoms with van der Waals surface area (Å²) < 4.78 is 12.8. The van der Waals surface area contributed by atoms with E-state index in [0.717, 1.165) is 12.8 Å². The summed E-state index contributed by atoms with van der Waals surface area (Å²) in [4.78, 5) is 21.4. The van der Waals surface area contributed by atoms with Gasteiger partial charge in [0.05, 0.1) is 17.6 Å². The molecule has 1 aliphatic heterocycles. The standard InChI is InChI=1S/C13H19IN4O6/c1-8(15-13(19)20)2-7-24-12-10(18(21)22)11(14)17(16-12)9-3-5-23-6-4-9/h8-9,15H,2-7H2,1H3,(H,19,20)/t8-/m1/s1. The van der Waals surface area contributed by atoms with Crippen LogP contribution in [0.5, 0.6) is 5.88 Å². The number of aromatic nitrogens is 2. The minimum absolute atomic E-state index is 0.0292. The quantitative estimate of drug-likeness (QED) is 0.367. The third-order valence-corrected chi connectivity index (χ3v) is 4.68. The molecule has 1 atom stereocenters. The molecule has 24 heavy (non-hydrogen) atoms. The summed E-state index contributed by atoms with van der Waals surface area (Å²) >= 11 is 1.91. The van der Waals surface area contributed by atoms with E-state index in [4.69, 9.17) is 14.6 Å². The first-order valence-electron chi connectivity index (χ1n) is 7.52. The number of hydrogen-bond acceptors (Lipinski definition) is 6. The highest BCUT2D eigenvalue weighted by molar-refractivity contribution is 14.1. The highest BCUT2D eigenvalue weighted by Gasteiger charge is 2.31. The highest BCUT2D eigenvalue weighted by Crippen LogP contribution is 2.35. The SMILES string of the molecule is C[C@H](CCOc1nn(C2CCOCC2)c(I)c1[N+](=O)[O-])NC(=O)O. The van der Waals surface area contributed by atoms with Gasteiger partial charge in [-0.05, 0) is 42.4 Å². The molecule has 1 aliphatic rings. The van der Waals surface area contributed by atoms with Crippen molar-refractivity contribution in [3.63, 3.8) is 0 Å². The smallest absolute Gasteiger partial charge is 0.404 e. The van der Waals surface area contributed by atoms with Crippen LogP contribution in [0.1, 0.15) is 32.2 Å². The van der Waals surface area contributed by atoms with Crippen molar-refractivity contribution in [2.45, 2.75) is 38.3 Å². The van der Waals surface area contributed by atoms with Crippen LogP contribution in [0.25, 0.3) is 0 Å². The van der Waals surface area contributed by atoms with Gasteiger partial charge in [-0.1, -0.05) is 0 Å². The Balaban J connectivity index is 2.07. The van der Waals surface area contributed by atoms with E-state index < -0.39 is 11.0 Å². The molecule has 0 radical (unpaired) electrons. The Morgan fingerprint density at radius 3 is 2.88 bits per heavy atom. The molecule has 0 bridgehead atoms. The van der Waals surface area contributed by atoms with Crippen molar-refractivity contribution in [2.75, 3.05) is 19.8 Å². The number of halogens is 1. The van der Waals surface area contributed by atoms with Gasteiger partial charge in [-0.15, -0.1) is 5.10 Å². The van der Waals surface area contributed by atoms with Crippen LogP contribution in [0.15, 0.2) is 0 Å². The van der Waals surface area contributed by atoms with Gasteiger partial charge in [0.15, 0.2) is 3.70 Å². The van der Waals surface area contributed by atoms with Crippen LogP contribution in [0.3, 0.4) is 0 Å². The van der Waals surface area contributed by atoms with E-state index in [1.165, 1.54) is 0 Å².